The molecule has 6 heterocycles. The van der Waals surface area contributed by atoms with Crippen molar-refractivity contribution in [2.24, 2.45) is 5.92 Å². The van der Waals surface area contributed by atoms with E-state index < -0.39 is 0 Å². The third-order valence-corrected chi connectivity index (χ3v) is 8.81. The van der Waals surface area contributed by atoms with Gasteiger partial charge >= 0.3 is 0 Å². The quantitative estimate of drug-likeness (QED) is 0.205. The molecule has 3 atom stereocenters. The lowest BCUT2D eigenvalue weighted by Gasteiger charge is -2.31. The largest absolute Gasteiger partial charge is 0.383 e. The summed E-state index contributed by atoms with van der Waals surface area (Å²) in [6.45, 7) is 10.1. The Morgan fingerprint density at radius 1 is 0.907 bits per heavy atom. The first-order valence-corrected chi connectivity index (χ1v) is 15.5. The molecule has 2 aliphatic rings. The Morgan fingerprint density at radius 3 is 2.42 bits per heavy atom. The van der Waals surface area contributed by atoms with Crippen LogP contribution in [0.15, 0.2) is 12.1 Å². The Balaban J connectivity index is 1.10. The maximum absolute atomic E-state index is 6.38. The summed E-state index contributed by atoms with van der Waals surface area (Å²) in [5.41, 5.74) is 18.0. The van der Waals surface area contributed by atoms with Crippen molar-refractivity contribution in [2.45, 2.75) is 71.4 Å². The van der Waals surface area contributed by atoms with Gasteiger partial charge < -0.3 is 32.3 Å². The Morgan fingerprint density at radius 2 is 1.63 bits per heavy atom. The van der Waals surface area contributed by atoms with Crippen LogP contribution in [0.2, 0.25) is 0 Å². The van der Waals surface area contributed by atoms with E-state index in [0.717, 1.165) is 78.6 Å². The lowest BCUT2D eigenvalue weighted by molar-refractivity contribution is 0.217. The number of piperidine rings is 2. The Bertz CT molecular complexity index is 1620. The third kappa shape index (κ3) is 6.70. The molecule has 4 aromatic heterocycles. The number of likely N-dealkylation sites (tertiary alicyclic amines) is 1. The number of pyridine rings is 2. The molecular weight excluding hydrogens is 540 g/mol. The predicted molar refractivity (Wildman–Crippen MR) is 173 cm³/mol. The lowest BCUT2D eigenvalue weighted by atomic mass is 9.95. The van der Waals surface area contributed by atoms with Crippen LogP contribution in [0.5, 0.6) is 0 Å². The van der Waals surface area contributed by atoms with Crippen molar-refractivity contribution in [3.63, 3.8) is 0 Å². The van der Waals surface area contributed by atoms with E-state index in [-0.39, 0.29) is 6.04 Å². The molecule has 43 heavy (non-hydrogen) atoms. The molecule has 6 rings (SSSR count). The molecule has 0 amide bonds. The van der Waals surface area contributed by atoms with E-state index >= 15 is 0 Å². The summed E-state index contributed by atoms with van der Waals surface area (Å²) in [5.74, 6) is 2.62. The number of hydrogen-bond acceptors (Lipinski definition) is 12. The van der Waals surface area contributed by atoms with Crippen molar-refractivity contribution in [1.82, 2.24) is 40.1 Å². The minimum Gasteiger partial charge on any atom is -0.383 e. The predicted octanol–water partition coefficient (Wildman–Crippen LogP) is 3.37. The Kier molecular flexibility index (Phi) is 8.40. The fourth-order valence-corrected chi connectivity index (χ4v) is 6.73. The average Bonchev–Trinajstić information content (AvgIpc) is 2.94. The van der Waals surface area contributed by atoms with E-state index in [1.54, 1.807) is 0 Å². The summed E-state index contributed by atoms with van der Waals surface area (Å²) in [6.07, 6.45) is 6.17. The molecule has 2 saturated heterocycles. The van der Waals surface area contributed by atoms with Gasteiger partial charge in [0.05, 0.1) is 10.8 Å². The first-order valence-electron chi connectivity index (χ1n) is 15.5. The molecule has 12 heteroatoms. The number of hydrogen-bond donors (Lipinski definition) is 5. The van der Waals surface area contributed by atoms with Gasteiger partial charge in [-0.25, -0.2) is 9.97 Å². The zero-order valence-electron chi connectivity index (χ0n) is 25.7. The molecule has 0 bridgehead atoms. The topological polar surface area (TPSA) is 169 Å². The standard InChI is InChI=1S/C31H44N12/c1-17-12-19(3)36-28-24(17)27(33)40-31(42-28)38-23-9-10-34-21(14-23)7-8-22-13-18(2)25-26(32)39-30(41-29(25)37-22)35-15-20-6-5-11-43(4)16-20/h12-13,20-21,23,34H,5-11,14-16H2,1-4H3,(H3,32,35,37,39,41)(H3,33,36,38,40,42). The molecule has 228 valence electrons. The fraction of sp³-hybridized carbons (Fsp3) is 0.548. The average molecular weight is 585 g/mol. The summed E-state index contributed by atoms with van der Waals surface area (Å²) in [6, 6.07) is 4.71. The first-order chi connectivity index (χ1) is 20.7. The molecule has 4 aromatic rings. The maximum Gasteiger partial charge on any atom is 0.226 e. The minimum atomic E-state index is 0.241. The molecular formula is C31H44N12. The SMILES string of the molecule is Cc1cc(C)c2c(N)nc(NC3CCNC(CCc4cc(C)c5c(N)nc(NCC6CCCN(C)C6)nc5n4)C3)nc2n1. The second kappa shape index (κ2) is 12.4. The van der Waals surface area contributed by atoms with E-state index in [1.165, 1.54) is 19.4 Å². The molecule has 0 aromatic carbocycles. The first kappa shape index (κ1) is 29.2. The van der Waals surface area contributed by atoms with Gasteiger partial charge in [-0.1, -0.05) is 0 Å². The number of rotatable bonds is 8. The second-order valence-electron chi connectivity index (χ2n) is 12.5. The Hall–Kier alpha value is -3.90. The van der Waals surface area contributed by atoms with Gasteiger partial charge in [-0.3, -0.25) is 0 Å². The van der Waals surface area contributed by atoms with Crippen molar-refractivity contribution in [3.05, 3.63) is 34.6 Å². The summed E-state index contributed by atoms with van der Waals surface area (Å²) >= 11 is 0. The van der Waals surface area contributed by atoms with Crippen molar-refractivity contribution in [1.29, 1.82) is 0 Å². The van der Waals surface area contributed by atoms with Crippen LogP contribution >= 0.6 is 0 Å². The van der Waals surface area contributed by atoms with Crippen LogP contribution in [0.1, 0.15) is 54.6 Å². The van der Waals surface area contributed by atoms with Crippen LogP contribution in [0.4, 0.5) is 23.5 Å². The number of nitrogen functional groups attached to an aromatic ring is 2. The van der Waals surface area contributed by atoms with E-state index in [1.807, 2.05) is 19.9 Å². The summed E-state index contributed by atoms with van der Waals surface area (Å²) in [7, 11) is 2.18. The summed E-state index contributed by atoms with van der Waals surface area (Å²) in [4.78, 5) is 30.5. The lowest BCUT2D eigenvalue weighted by Crippen LogP contribution is -2.43. The van der Waals surface area contributed by atoms with Crippen molar-refractivity contribution >= 4 is 45.6 Å². The van der Waals surface area contributed by atoms with Gasteiger partial charge in [0.1, 0.15) is 11.6 Å². The monoisotopic (exact) mass is 584 g/mol. The molecule has 3 unspecified atom stereocenters. The molecule has 0 saturated carbocycles. The summed E-state index contributed by atoms with van der Waals surface area (Å²) < 4.78 is 0. The van der Waals surface area contributed by atoms with Crippen molar-refractivity contribution in [3.8, 4) is 0 Å². The number of nitrogens with two attached hydrogens (primary N) is 2. The molecule has 2 aliphatic heterocycles. The second-order valence-corrected chi connectivity index (χ2v) is 12.5. The number of fused-ring (bicyclic) bond motifs is 2. The number of aromatic nitrogens is 6. The highest BCUT2D eigenvalue weighted by atomic mass is 15.2. The molecule has 0 aliphatic carbocycles. The molecule has 2 fully saturated rings. The highest BCUT2D eigenvalue weighted by molar-refractivity contribution is 5.90. The van der Waals surface area contributed by atoms with Crippen LogP contribution in [-0.4, -0.2) is 80.1 Å². The molecule has 0 spiro atoms. The van der Waals surface area contributed by atoms with Crippen LogP contribution in [0.25, 0.3) is 22.1 Å². The van der Waals surface area contributed by atoms with Gasteiger partial charge in [0.15, 0.2) is 11.3 Å². The van der Waals surface area contributed by atoms with Crippen LogP contribution in [0.3, 0.4) is 0 Å². The van der Waals surface area contributed by atoms with Crippen LogP contribution in [0, 0.1) is 26.7 Å². The normalized spacial score (nSPS) is 21.3. The maximum atomic E-state index is 6.38. The van der Waals surface area contributed by atoms with Gasteiger partial charge in [0, 0.05) is 36.6 Å². The minimum absolute atomic E-state index is 0.241. The van der Waals surface area contributed by atoms with Gasteiger partial charge in [-0.15, -0.1) is 0 Å². The van der Waals surface area contributed by atoms with Crippen molar-refractivity contribution in [2.75, 3.05) is 55.3 Å². The van der Waals surface area contributed by atoms with E-state index in [2.05, 4.69) is 55.8 Å². The highest BCUT2D eigenvalue weighted by Gasteiger charge is 2.23. The number of nitrogens with one attached hydrogen (secondary N) is 3. The van der Waals surface area contributed by atoms with Gasteiger partial charge in [0.2, 0.25) is 11.9 Å². The van der Waals surface area contributed by atoms with E-state index in [9.17, 15) is 0 Å². The zero-order chi connectivity index (χ0) is 30.1. The van der Waals surface area contributed by atoms with Crippen LogP contribution in [-0.2, 0) is 6.42 Å². The third-order valence-electron chi connectivity index (χ3n) is 8.81. The highest BCUT2D eigenvalue weighted by Crippen LogP contribution is 2.26. The summed E-state index contributed by atoms with van der Waals surface area (Å²) in [5, 5.41) is 12.3. The van der Waals surface area contributed by atoms with E-state index in [0.29, 0.717) is 46.8 Å². The fourth-order valence-electron chi connectivity index (χ4n) is 6.73. The van der Waals surface area contributed by atoms with Gasteiger partial charge in [-0.2, -0.15) is 19.9 Å². The Labute approximate surface area is 252 Å². The number of aryl methyl sites for hydroxylation is 4. The number of nitrogens with zero attached hydrogens (tertiary/aromatic N) is 7. The molecule has 7 N–H and O–H groups in total. The van der Waals surface area contributed by atoms with Crippen molar-refractivity contribution < 1.29 is 0 Å². The van der Waals surface area contributed by atoms with Gasteiger partial charge in [0.25, 0.3) is 0 Å². The van der Waals surface area contributed by atoms with E-state index in [4.69, 9.17) is 26.4 Å². The smallest absolute Gasteiger partial charge is 0.226 e. The van der Waals surface area contributed by atoms with Gasteiger partial charge in [-0.05, 0) is 109 Å². The molecule has 0 radical (unpaired) electrons. The number of anilines is 4. The molecule has 12 nitrogen and oxygen atoms in total. The van der Waals surface area contributed by atoms with Crippen LogP contribution < -0.4 is 27.4 Å². The zero-order valence-corrected chi connectivity index (χ0v) is 25.7.